The van der Waals surface area contributed by atoms with Gasteiger partial charge in [-0.25, -0.2) is 0 Å². The summed E-state index contributed by atoms with van der Waals surface area (Å²) in [6.07, 6.45) is 7.63. The minimum atomic E-state index is -0.382. The van der Waals surface area contributed by atoms with Crippen LogP contribution < -0.4 is 10.6 Å². The lowest BCUT2D eigenvalue weighted by atomic mass is 9.46. The average molecular weight is 393 g/mol. The van der Waals surface area contributed by atoms with E-state index in [0.29, 0.717) is 17.0 Å². The molecule has 0 saturated heterocycles. The molecule has 2 amide bonds. The molecule has 4 bridgehead atoms. The second kappa shape index (κ2) is 6.64. The first-order valence-corrected chi connectivity index (χ1v) is 10.9. The Morgan fingerprint density at radius 1 is 1.31 bits per heavy atom. The first-order chi connectivity index (χ1) is 12.4. The number of anilines is 1. The summed E-state index contributed by atoms with van der Waals surface area (Å²) in [5, 5.41) is 15.0. The van der Waals surface area contributed by atoms with Gasteiger partial charge in [0.1, 0.15) is 0 Å². The molecule has 6 nitrogen and oxygen atoms in total. The van der Waals surface area contributed by atoms with E-state index >= 15 is 0 Å². The molecular formula is C18H24N4O2S2. The Morgan fingerprint density at radius 2 is 2.04 bits per heavy atom. The van der Waals surface area contributed by atoms with Gasteiger partial charge in [-0.2, -0.15) is 0 Å². The van der Waals surface area contributed by atoms with Crippen molar-refractivity contribution in [1.82, 2.24) is 15.5 Å². The normalized spacial score (nSPS) is 34.5. The van der Waals surface area contributed by atoms with Gasteiger partial charge < -0.3 is 10.6 Å². The maximum absolute atomic E-state index is 13.2. The molecule has 0 radical (unpaired) electrons. The van der Waals surface area contributed by atoms with Crippen molar-refractivity contribution in [3.05, 3.63) is 12.7 Å². The van der Waals surface area contributed by atoms with Gasteiger partial charge in [0.15, 0.2) is 4.34 Å². The molecule has 4 aliphatic rings. The molecule has 2 atom stereocenters. The molecule has 0 aromatic carbocycles. The van der Waals surface area contributed by atoms with Crippen LogP contribution in [0.4, 0.5) is 5.13 Å². The number of amides is 2. The Bertz CT molecular complexity index is 733. The van der Waals surface area contributed by atoms with E-state index < -0.39 is 0 Å². The second-order valence-corrected chi connectivity index (χ2v) is 10.4. The summed E-state index contributed by atoms with van der Waals surface area (Å²) >= 11 is 2.97. The summed E-state index contributed by atoms with van der Waals surface area (Å²) in [6.45, 7) is 5.28. The predicted octanol–water partition coefficient (Wildman–Crippen LogP) is 3.23. The first kappa shape index (κ1) is 18.0. The molecule has 26 heavy (non-hydrogen) atoms. The van der Waals surface area contributed by atoms with E-state index in [4.69, 9.17) is 0 Å². The van der Waals surface area contributed by atoms with Gasteiger partial charge in [-0.1, -0.05) is 29.2 Å². The lowest BCUT2D eigenvalue weighted by Crippen LogP contribution is -2.65. The van der Waals surface area contributed by atoms with Gasteiger partial charge in [-0.15, -0.1) is 16.8 Å². The standard InChI is InChI=1S/C18H24N4O2S2/c1-3-4-25-16-22-21-15(26-16)19-14(24)17-6-12-5-13(7-17)9-18(8-12,10-17)20-11(2)23/h3,12-13H,1,4-10H2,2H3,(H,20,23)(H,19,21,24)/t12-,13-,17?,18?/m1/s1. The molecule has 4 fully saturated rings. The van der Waals surface area contributed by atoms with Crippen molar-refractivity contribution in [2.45, 2.75) is 55.3 Å². The minimum Gasteiger partial charge on any atom is -0.351 e. The maximum atomic E-state index is 13.2. The van der Waals surface area contributed by atoms with Crippen molar-refractivity contribution >= 4 is 40.0 Å². The summed E-state index contributed by atoms with van der Waals surface area (Å²) in [7, 11) is 0. The molecular weight excluding hydrogens is 368 g/mol. The topological polar surface area (TPSA) is 84.0 Å². The van der Waals surface area contributed by atoms with E-state index in [1.165, 1.54) is 17.8 Å². The summed E-state index contributed by atoms with van der Waals surface area (Å²) in [5.74, 6) is 1.90. The molecule has 0 unspecified atom stereocenters. The summed E-state index contributed by atoms with van der Waals surface area (Å²) in [4.78, 5) is 25.0. The number of carbonyl (C=O) groups is 2. The Balaban J connectivity index is 1.51. The van der Waals surface area contributed by atoms with Crippen molar-refractivity contribution in [2.75, 3.05) is 11.1 Å². The summed E-state index contributed by atoms with van der Waals surface area (Å²) < 4.78 is 0.834. The second-order valence-electron chi connectivity index (χ2n) is 8.13. The van der Waals surface area contributed by atoms with E-state index in [2.05, 4.69) is 27.4 Å². The van der Waals surface area contributed by atoms with Crippen LogP contribution in [0, 0.1) is 17.3 Å². The number of aromatic nitrogens is 2. The molecule has 1 aromatic heterocycles. The number of carbonyl (C=O) groups excluding carboxylic acids is 2. The number of rotatable bonds is 6. The van der Waals surface area contributed by atoms with Gasteiger partial charge in [0.2, 0.25) is 16.9 Å². The van der Waals surface area contributed by atoms with Gasteiger partial charge >= 0.3 is 0 Å². The first-order valence-electron chi connectivity index (χ1n) is 9.09. The third-order valence-corrected chi connectivity index (χ3v) is 7.90. The third-order valence-electron chi connectivity index (χ3n) is 5.94. The zero-order valence-electron chi connectivity index (χ0n) is 14.9. The highest BCUT2D eigenvalue weighted by Crippen LogP contribution is 2.61. The number of nitrogens with one attached hydrogen (secondary N) is 2. The molecule has 5 rings (SSSR count). The Labute approximate surface area is 161 Å². The van der Waals surface area contributed by atoms with Crippen LogP contribution in [-0.4, -0.2) is 33.3 Å². The van der Waals surface area contributed by atoms with E-state index in [1.807, 2.05) is 6.08 Å². The van der Waals surface area contributed by atoms with Crippen LogP contribution in [-0.2, 0) is 9.59 Å². The smallest absolute Gasteiger partial charge is 0.232 e. The molecule has 0 spiro atoms. The van der Waals surface area contributed by atoms with E-state index in [1.54, 1.807) is 18.7 Å². The van der Waals surface area contributed by atoms with Crippen LogP contribution >= 0.6 is 23.1 Å². The van der Waals surface area contributed by atoms with Gasteiger partial charge in [0, 0.05) is 18.2 Å². The fourth-order valence-corrected chi connectivity index (χ4v) is 7.23. The maximum Gasteiger partial charge on any atom is 0.232 e. The number of nitrogens with zero attached hydrogens (tertiary/aromatic N) is 2. The fraction of sp³-hybridized carbons (Fsp3) is 0.667. The Morgan fingerprint density at radius 3 is 2.69 bits per heavy atom. The molecule has 8 heteroatoms. The SMILES string of the molecule is C=CCSc1nnc(NC(=O)C23C[C@H]4C[C@@H](CC(NC(C)=O)(C4)C2)C3)s1. The van der Waals surface area contributed by atoms with Crippen molar-refractivity contribution in [1.29, 1.82) is 0 Å². The quantitative estimate of drug-likeness (QED) is 0.441. The number of thioether (sulfide) groups is 1. The van der Waals surface area contributed by atoms with Crippen molar-refractivity contribution < 1.29 is 9.59 Å². The minimum absolute atomic E-state index is 0.00974. The predicted molar refractivity (Wildman–Crippen MR) is 103 cm³/mol. The molecule has 4 aliphatic carbocycles. The summed E-state index contributed by atoms with van der Waals surface area (Å²) in [5.41, 5.74) is -0.577. The van der Waals surface area contributed by atoms with Crippen molar-refractivity contribution in [2.24, 2.45) is 17.3 Å². The molecule has 4 saturated carbocycles. The zero-order chi connectivity index (χ0) is 18.4. The largest absolute Gasteiger partial charge is 0.351 e. The fourth-order valence-electron chi connectivity index (χ4n) is 5.73. The Hall–Kier alpha value is -1.41. The van der Waals surface area contributed by atoms with Crippen LogP contribution in [0.3, 0.4) is 0 Å². The van der Waals surface area contributed by atoms with Crippen molar-refractivity contribution in [3.8, 4) is 0 Å². The van der Waals surface area contributed by atoms with Crippen LogP contribution in [0.15, 0.2) is 17.0 Å². The lowest BCUT2D eigenvalue weighted by Gasteiger charge is -2.61. The zero-order valence-corrected chi connectivity index (χ0v) is 16.5. The van der Waals surface area contributed by atoms with Gasteiger partial charge in [-0.05, 0) is 50.4 Å². The number of hydrogen-bond donors (Lipinski definition) is 2. The average Bonchev–Trinajstić information content (AvgIpc) is 2.97. The van der Waals surface area contributed by atoms with Crippen LogP contribution in [0.2, 0.25) is 0 Å². The molecule has 1 heterocycles. The van der Waals surface area contributed by atoms with E-state index in [9.17, 15) is 9.59 Å². The van der Waals surface area contributed by atoms with Crippen molar-refractivity contribution in [3.63, 3.8) is 0 Å². The lowest BCUT2D eigenvalue weighted by molar-refractivity contribution is -0.148. The molecule has 2 N–H and O–H groups in total. The van der Waals surface area contributed by atoms with Gasteiger partial charge in [0.05, 0.1) is 5.41 Å². The van der Waals surface area contributed by atoms with Crippen LogP contribution in [0.25, 0.3) is 0 Å². The third kappa shape index (κ3) is 3.29. The number of hydrogen-bond acceptors (Lipinski definition) is 6. The van der Waals surface area contributed by atoms with Crippen LogP contribution in [0.1, 0.15) is 45.4 Å². The molecule has 140 valence electrons. The summed E-state index contributed by atoms with van der Waals surface area (Å²) in [6, 6.07) is 0. The van der Waals surface area contributed by atoms with E-state index in [0.717, 1.165) is 42.2 Å². The highest BCUT2D eigenvalue weighted by molar-refractivity contribution is 8.01. The highest BCUT2D eigenvalue weighted by Gasteiger charge is 2.60. The molecule has 1 aromatic rings. The van der Waals surface area contributed by atoms with Gasteiger partial charge in [-0.3, -0.25) is 9.59 Å². The Kier molecular flexibility index (Phi) is 4.59. The monoisotopic (exact) mass is 392 g/mol. The van der Waals surface area contributed by atoms with E-state index in [-0.39, 0.29) is 22.8 Å². The highest BCUT2D eigenvalue weighted by atomic mass is 32.2. The van der Waals surface area contributed by atoms with Crippen LogP contribution in [0.5, 0.6) is 0 Å². The molecule has 0 aliphatic heterocycles. The van der Waals surface area contributed by atoms with Gasteiger partial charge in [0.25, 0.3) is 0 Å².